The van der Waals surface area contributed by atoms with Gasteiger partial charge < -0.3 is 23.5 Å². The first-order chi connectivity index (χ1) is 21.3. The van der Waals surface area contributed by atoms with Gasteiger partial charge in [-0.3, -0.25) is 4.90 Å². The van der Waals surface area contributed by atoms with E-state index in [1.807, 2.05) is 12.1 Å². The van der Waals surface area contributed by atoms with Gasteiger partial charge in [0.25, 0.3) is 5.79 Å². The molecule has 0 amide bonds. The van der Waals surface area contributed by atoms with Gasteiger partial charge in [-0.1, -0.05) is 23.7 Å². The van der Waals surface area contributed by atoms with E-state index in [0.717, 1.165) is 50.3 Å². The molecule has 12 heteroatoms. The topological polar surface area (TPSA) is 101 Å². The Kier molecular flexibility index (Phi) is 7.63. The quantitative estimate of drug-likeness (QED) is 0.232. The molecule has 0 spiro atoms. The number of nitrogens with zero attached hydrogens (tertiary/aromatic N) is 5. The number of carbonyl (C=O) groups excluding carboxylic acids is 1. The van der Waals surface area contributed by atoms with Crippen LogP contribution < -0.4 is 9.47 Å². The van der Waals surface area contributed by atoms with Crippen LogP contribution in [0.15, 0.2) is 42.5 Å². The number of halogens is 2. The minimum Gasteiger partial charge on any atom is -0.461 e. The lowest BCUT2D eigenvalue weighted by Crippen LogP contribution is -2.35. The number of imidazole rings is 1. The van der Waals surface area contributed by atoms with Gasteiger partial charge in [0.05, 0.1) is 31.4 Å². The molecule has 0 unspecified atom stereocenters. The smallest absolute Gasteiger partial charge is 0.358 e. The molecule has 0 bridgehead atoms. The second-order valence-electron chi connectivity index (χ2n) is 11.6. The fourth-order valence-corrected chi connectivity index (χ4v) is 6.42. The number of para-hydroxylation sites is 1. The van der Waals surface area contributed by atoms with Crippen LogP contribution in [0.4, 0.5) is 4.39 Å². The summed E-state index contributed by atoms with van der Waals surface area (Å²) in [5.74, 6) is 0.124. The summed E-state index contributed by atoms with van der Waals surface area (Å²) in [5, 5.41) is 8.80. The van der Waals surface area contributed by atoms with Crippen LogP contribution >= 0.6 is 11.6 Å². The molecule has 10 nitrogen and oxygen atoms in total. The molecule has 0 radical (unpaired) electrons. The zero-order valence-electron chi connectivity index (χ0n) is 24.6. The van der Waals surface area contributed by atoms with Crippen molar-refractivity contribution in [2.75, 3.05) is 26.3 Å². The van der Waals surface area contributed by atoms with E-state index in [1.54, 1.807) is 32.0 Å². The summed E-state index contributed by atoms with van der Waals surface area (Å²) < 4.78 is 40.3. The van der Waals surface area contributed by atoms with E-state index in [-0.39, 0.29) is 24.3 Å². The van der Waals surface area contributed by atoms with E-state index in [2.05, 4.69) is 25.7 Å². The van der Waals surface area contributed by atoms with Crippen molar-refractivity contribution in [3.8, 4) is 11.5 Å². The van der Waals surface area contributed by atoms with Crippen LogP contribution in [0.5, 0.6) is 11.5 Å². The predicted molar refractivity (Wildman–Crippen MR) is 159 cm³/mol. The molecule has 44 heavy (non-hydrogen) atoms. The molecule has 0 N–H and O–H groups in total. The van der Waals surface area contributed by atoms with Crippen molar-refractivity contribution >= 4 is 28.7 Å². The van der Waals surface area contributed by atoms with E-state index < -0.39 is 17.6 Å². The lowest BCUT2D eigenvalue weighted by molar-refractivity contribution is -0.0712. The molecule has 3 aliphatic rings. The SMILES string of the molecule is CCOC(=O)c1cc2nc(CN3CCC(c4cccc5c4O[C@@](C)(c4ccc(Cl)cc4F)O5)CC3)n(C[C@@H]3CCO3)c2nn1. The summed E-state index contributed by atoms with van der Waals surface area (Å²) in [6.07, 6.45) is 2.91. The minimum absolute atomic E-state index is 0.109. The first kappa shape index (κ1) is 28.9. The summed E-state index contributed by atoms with van der Waals surface area (Å²) in [4.78, 5) is 19.5. The van der Waals surface area contributed by atoms with Crippen molar-refractivity contribution in [2.24, 2.45) is 0 Å². The number of carbonyl (C=O) groups is 1. The van der Waals surface area contributed by atoms with Crippen LogP contribution in [0, 0.1) is 5.82 Å². The summed E-state index contributed by atoms with van der Waals surface area (Å²) in [6, 6.07) is 12.1. The molecule has 2 aromatic carbocycles. The molecule has 2 fully saturated rings. The highest BCUT2D eigenvalue weighted by atomic mass is 35.5. The summed E-state index contributed by atoms with van der Waals surface area (Å²) >= 11 is 5.98. The lowest BCUT2D eigenvalue weighted by Gasteiger charge is -2.33. The number of fused-ring (bicyclic) bond motifs is 2. The second kappa shape index (κ2) is 11.6. The van der Waals surface area contributed by atoms with Gasteiger partial charge in [0.15, 0.2) is 22.8 Å². The number of ether oxygens (including phenoxy) is 4. The van der Waals surface area contributed by atoms with E-state index in [9.17, 15) is 9.18 Å². The molecule has 2 saturated heterocycles. The highest BCUT2D eigenvalue weighted by molar-refractivity contribution is 6.30. The van der Waals surface area contributed by atoms with Gasteiger partial charge in [-0.05, 0) is 69.5 Å². The highest BCUT2D eigenvalue weighted by Crippen LogP contribution is 2.49. The normalized spacial score (nSPS) is 21.9. The van der Waals surface area contributed by atoms with Crippen molar-refractivity contribution in [3.05, 3.63) is 75.9 Å². The Balaban J connectivity index is 1.07. The van der Waals surface area contributed by atoms with Crippen LogP contribution in [-0.4, -0.2) is 63.0 Å². The maximum absolute atomic E-state index is 14.8. The number of likely N-dealkylation sites (tertiary alicyclic amines) is 1. The van der Waals surface area contributed by atoms with Gasteiger partial charge in [-0.2, -0.15) is 0 Å². The van der Waals surface area contributed by atoms with E-state index >= 15 is 0 Å². The fourth-order valence-electron chi connectivity index (χ4n) is 6.26. The number of hydrogen-bond donors (Lipinski definition) is 0. The van der Waals surface area contributed by atoms with Crippen LogP contribution in [-0.2, 0) is 28.4 Å². The third kappa shape index (κ3) is 5.37. The minimum atomic E-state index is -1.28. The van der Waals surface area contributed by atoms with Gasteiger partial charge in [0, 0.05) is 30.2 Å². The zero-order valence-corrected chi connectivity index (χ0v) is 25.3. The zero-order chi connectivity index (χ0) is 30.4. The Labute approximate surface area is 259 Å². The maximum Gasteiger partial charge on any atom is 0.358 e. The number of benzene rings is 2. The molecule has 0 aliphatic carbocycles. The van der Waals surface area contributed by atoms with Gasteiger partial charge in [-0.25, -0.2) is 14.2 Å². The third-order valence-corrected chi connectivity index (χ3v) is 8.89. The number of rotatable bonds is 8. The molecule has 230 valence electrons. The summed E-state index contributed by atoms with van der Waals surface area (Å²) in [5.41, 5.74) is 2.76. The van der Waals surface area contributed by atoms with Gasteiger partial charge in [-0.15, -0.1) is 10.2 Å². The molecule has 5 heterocycles. The van der Waals surface area contributed by atoms with Crippen molar-refractivity contribution in [1.29, 1.82) is 0 Å². The predicted octanol–water partition coefficient (Wildman–Crippen LogP) is 5.61. The summed E-state index contributed by atoms with van der Waals surface area (Å²) in [7, 11) is 0. The maximum atomic E-state index is 14.8. The number of esters is 1. The standard InChI is InChI=1S/C32H33ClFN5O5/c1-3-41-31(40)26-16-25-30(37-36-26)39(17-21-11-14-42-21)28(35-25)18-38-12-9-19(10-13-38)22-5-4-6-27-29(22)44-32(2,43-27)23-8-7-20(33)15-24(23)34/h4-8,15-16,19,21H,3,9-14,17-18H2,1-2H3/t21-,32-/m0/s1. The number of hydrogen-bond acceptors (Lipinski definition) is 9. The summed E-state index contributed by atoms with van der Waals surface area (Å²) in [6.45, 7) is 7.46. The second-order valence-corrected chi connectivity index (χ2v) is 12.0. The number of piperidine rings is 1. The van der Waals surface area contributed by atoms with Gasteiger partial charge in [0.2, 0.25) is 0 Å². The molecule has 2 atom stereocenters. The largest absolute Gasteiger partial charge is 0.461 e. The first-order valence-electron chi connectivity index (χ1n) is 15.0. The lowest BCUT2D eigenvalue weighted by atomic mass is 9.88. The van der Waals surface area contributed by atoms with Crippen LogP contribution in [0.25, 0.3) is 11.2 Å². The molecule has 0 saturated carbocycles. The third-order valence-electron chi connectivity index (χ3n) is 8.66. The van der Waals surface area contributed by atoms with Crippen LogP contribution in [0.2, 0.25) is 5.02 Å². The Morgan fingerprint density at radius 1 is 1.14 bits per heavy atom. The molecular formula is C32H33ClFN5O5. The highest BCUT2D eigenvalue weighted by Gasteiger charge is 2.43. The van der Waals surface area contributed by atoms with Crippen LogP contribution in [0.3, 0.4) is 0 Å². The Hall–Kier alpha value is -3.80. The van der Waals surface area contributed by atoms with Crippen molar-refractivity contribution in [2.45, 2.75) is 64.0 Å². The van der Waals surface area contributed by atoms with Crippen molar-refractivity contribution < 1.29 is 28.1 Å². The van der Waals surface area contributed by atoms with Crippen molar-refractivity contribution in [1.82, 2.24) is 24.6 Å². The first-order valence-corrected chi connectivity index (χ1v) is 15.4. The average molecular weight is 622 g/mol. The molecule has 4 aromatic rings. The van der Waals surface area contributed by atoms with Gasteiger partial charge >= 0.3 is 5.97 Å². The molecule has 3 aliphatic heterocycles. The Morgan fingerprint density at radius 2 is 1.95 bits per heavy atom. The average Bonchev–Trinajstić information content (AvgIpc) is 3.51. The van der Waals surface area contributed by atoms with Crippen molar-refractivity contribution in [3.63, 3.8) is 0 Å². The number of aromatic nitrogens is 4. The molecule has 7 rings (SSSR count). The fraction of sp³-hybridized carbons (Fsp3) is 0.438. The van der Waals surface area contributed by atoms with E-state index in [0.29, 0.717) is 46.3 Å². The molecular weight excluding hydrogens is 589 g/mol. The Bertz CT molecular complexity index is 1720. The van der Waals surface area contributed by atoms with Gasteiger partial charge in [0.1, 0.15) is 17.2 Å². The monoisotopic (exact) mass is 621 g/mol. The van der Waals surface area contributed by atoms with E-state index in [4.69, 9.17) is 35.5 Å². The Morgan fingerprint density at radius 3 is 2.68 bits per heavy atom. The molecule has 2 aromatic heterocycles. The van der Waals surface area contributed by atoms with Crippen LogP contribution in [0.1, 0.15) is 66.5 Å². The van der Waals surface area contributed by atoms with E-state index in [1.165, 1.54) is 6.07 Å².